The first-order valence-corrected chi connectivity index (χ1v) is 12.4. The molecule has 0 spiro atoms. The molecule has 2 atom stereocenters. The fourth-order valence-electron chi connectivity index (χ4n) is 5.68. The van der Waals surface area contributed by atoms with Gasteiger partial charge in [0.15, 0.2) is 6.29 Å². The molecular formula is C27H33BrO3. The smallest absolute Gasteiger partial charge is 0.157 e. The molecular weight excluding hydrogens is 452 g/mol. The molecule has 2 aromatic rings. The van der Waals surface area contributed by atoms with Gasteiger partial charge < -0.3 is 9.47 Å². The normalized spacial score (nSPS) is 26.2. The number of halogens is 1. The minimum Gasteiger partial charge on any atom is -0.353 e. The second kappa shape index (κ2) is 9.97. The zero-order valence-electron chi connectivity index (χ0n) is 18.6. The van der Waals surface area contributed by atoms with Gasteiger partial charge in [-0.3, -0.25) is 4.79 Å². The minimum atomic E-state index is -0.627. The fourth-order valence-corrected chi connectivity index (χ4v) is 5.95. The molecule has 31 heavy (non-hydrogen) atoms. The van der Waals surface area contributed by atoms with Crippen molar-refractivity contribution in [2.75, 3.05) is 6.61 Å². The van der Waals surface area contributed by atoms with E-state index in [0.717, 1.165) is 60.7 Å². The second-order valence-electron chi connectivity index (χ2n) is 9.09. The number of ketones is 1. The van der Waals surface area contributed by atoms with E-state index in [1.807, 2.05) is 0 Å². The predicted molar refractivity (Wildman–Crippen MR) is 127 cm³/mol. The maximum atomic E-state index is 13.5. The van der Waals surface area contributed by atoms with Crippen LogP contribution in [0.25, 0.3) is 0 Å². The van der Waals surface area contributed by atoms with Crippen LogP contribution in [0.5, 0.6) is 0 Å². The SMILES string of the molecule is CC(=O)C(c1ccc(Br)cc1)(c1ccccc1C)C1CCC(OC2CCCCO2)CC1. The Bertz CT molecular complexity index is 880. The Hall–Kier alpha value is -1.49. The van der Waals surface area contributed by atoms with Crippen molar-refractivity contribution in [3.63, 3.8) is 0 Å². The molecule has 2 fully saturated rings. The number of carbonyl (C=O) groups excluding carboxylic acids is 1. The van der Waals surface area contributed by atoms with E-state index in [1.54, 1.807) is 6.92 Å². The van der Waals surface area contributed by atoms with Crippen LogP contribution in [-0.2, 0) is 19.7 Å². The lowest BCUT2D eigenvalue weighted by molar-refractivity contribution is -0.195. The average Bonchev–Trinajstić information content (AvgIpc) is 2.78. The third-order valence-corrected chi connectivity index (χ3v) is 7.72. The molecule has 0 aromatic heterocycles. The van der Waals surface area contributed by atoms with E-state index in [-0.39, 0.29) is 24.1 Å². The Morgan fingerprint density at radius 3 is 2.32 bits per heavy atom. The Morgan fingerprint density at radius 2 is 1.71 bits per heavy atom. The van der Waals surface area contributed by atoms with Gasteiger partial charge in [0, 0.05) is 11.1 Å². The van der Waals surface area contributed by atoms with E-state index in [2.05, 4.69) is 71.4 Å². The van der Waals surface area contributed by atoms with Crippen molar-refractivity contribution in [2.45, 2.75) is 76.6 Å². The van der Waals surface area contributed by atoms with Crippen molar-refractivity contribution in [3.8, 4) is 0 Å². The maximum Gasteiger partial charge on any atom is 0.157 e. The van der Waals surface area contributed by atoms with Crippen LogP contribution in [-0.4, -0.2) is 24.8 Å². The van der Waals surface area contributed by atoms with Gasteiger partial charge in [0.25, 0.3) is 0 Å². The highest BCUT2D eigenvalue weighted by Gasteiger charge is 2.48. The van der Waals surface area contributed by atoms with Crippen LogP contribution in [0.4, 0.5) is 0 Å². The molecule has 2 aliphatic rings. The molecule has 1 saturated heterocycles. The summed E-state index contributed by atoms with van der Waals surface area (Å²) < 4.78 is 13.1. The van der Waals surface area contributed by atoms with E-state index in [0.29, 0.717) is 0 Å². The van der Waals surface area contributed by atoms with Gasteiger partial charge in [-0.15, -0.1) is 0 Å². The zero-order valence-corrected chi connectivity index (χ0v) is 20.2. The number of hydrogen-bond donors (Lipinski definition) is 0. The van der Waals surface area contributed by atoms with Gasteiger partial charge in [0.1, 0.15) is 5.78 Å². The third-order valence-electron chi connectivity index (χ3n) is 7.19. The molecule has 1 saturated carbocycles. The molecule has 1 aliphatic carbocycles. The summed E-state index contributed by atoms with van der Waals surface area (Å²) in [5.74, 6) is 0.475. The Labute approximate surface area is 194 Å². The van der Waals surface area contributed by atoms with Crippen molar-refractivity contribution < 1.29 is 14.3 Å². The predicted octanol–water partition coefficient (Wildman–Crippen LogP) is 6.73. The molecule has 1 aliphatic heterocycles. The molecule has 0 radical (unpaired) electrons. The Morgan fingerprint density at radius 1 is 1.00 bits per heavy atom. The molecule has 1 heterocycles. The summed E-state index contributed by atoms with van der Waals surface area (Å²) in [6.45, 7) is 4.71. The summed E-state index contributed by atoms with van der Waals surface area (Å²) in [4.78, 5) is 13.5. The van der Waals surface area contributed by atoms with Crippen LogP contribution in [0.3, 0.4) is 0 Å². The number of ether oxygens (including phenoxy) is 2. The minimum absolute atomic E-state index is 0.0456. The van der Waals surface area contributed by atoms with Gasteiger partial charge in [-0.2, -0.15) is 0 Å². The Kier molecular flexibility index (Phi) is 7.30. The largest absolute Gasteiger partial charge is 0.353 e. The number of Topliss-reactive ketones (excluding diaryl/α,β-unsaturated/α-hetero) is 1. The second-order valence-corrected chi connectivity index (χ2v) is 10.0. The molecule has 0 bridgehead atoms. The standard InChI is InChI=1S/C27H33BrO3/c1-19-7-3-4-8-25(19)27(20(2)29,21-10-14-23(28)15-11-21)22-12-16-24(17-13-22)31-26-9-5-6-18-30-26/h3-4,7-8,10-11,14-15,22,24,26H,5-6,9,12-13,16-18H2,1-2H3. The van der Waals surface area contributed by atoms with Crippen LogP contribution >= 0.6 is 15.9 Å². The Balaban J connectivity index is 1.64. The molecule has 0 amide bonds. The molecule has 3 nitrogen and oxygen atoms in total. The van der Waals surface area contributed by atoms with Crippen molar-refractivity contribution >= 4 is 21.7 Å². The van der Waals surface area contributed by atoms with Crippen molar-refractivity contribution in [1.82, 2.24) is 0 Å². The molecule has 4 rings (SSSR count). The number of carbonyl (C=O) groups is 1. The van der Waals surface area contributed by atoms with Crippen LogP contribution in [0, 0.1) is 12.8 Å². The monoisotopic (exact) mass is 484 g/mol. The number of hydrogen-bond acceptors (Lipinski definition) is 3. The first-order valence-electron chi connectivity index (χ1n) is 11.6. The molecule has 4 heteroatoms. The van der Waals surface area contributed by atoms with Gasteiger partial charge in [-0.05, 0) is 93.5 Å². The third kappa shape index (κ3) is 4.67. The average molecular weight is 485 g/mol. The van der Waals surface area contributed by atoms with Crippen LogP contribution in [0.1, 0.15) is 68.6 Å². The van der Waals surface area contributed by atoms with Gasteiger partial charge in [0.2, 0.25) is 0 Å². The summed E-state index contributed by atoms with van der Waals surface area (Å²) in [5, 5.41) is 0. The van der Waals surface area contributed by atoms with Crippen LogP contribution in [0.15, 0.2) is 53.0 Å². The van der Waals surface area contributed by atoms with Crippen LogP contribution in [0.2, 0.25) is 0 Å². The summed E-state index contributed by atoms with van der Waals surface area (Å²) in [6, 6.07) is 16.8. The van der Waals surface area contributed by atoms with Crippen LogP contribution < -0.4 is 0 Å². The first kappa shape index (κ1) is 22.7. The summed E-state index contributed by atoms with van der Waals surface area (Å²) in [5.41, 5.74) is 2.79. The van der Waals surface area contributed by atoms with E-state index in [9.17, 15) is 4.79 Å². The van der Waals surface area contributed by atoms with Crippen molar-refractivity contribution in [1.29, 1.82) is 0 Å². The number of rotatable bonds is 6. The maximum absolute atomic E-state index is 13.5. The molecule has 0 N–H and O–H groups in total. The van der Waals surface area contributed by atoms with Gasteiger partial charge in [-0.25, -0.2) is 0 Å². The topological polar surface area (TPSA) is 35.5 Å². The lowest BCUT2D eigenvalue weighted by atomic mass is 9.58. The summed E-state index contributed by atoms with van der Waals surface area (Å²) in [6.07, 6.45) is 7.40. The first-order chi connectivity index (χ1) is 15.0. The fraction of sp³-hybridized carbons (Fsp3) is 0.519. The quantitative estimate of drug-likeness (QED) is 0.455. The number of aryl methyl sites for hydroxylation is 1. The molecule has 166 valence electrons. The van der Waals surface area contributed by atoms with E-state index < -0.39 is 5.41 Å². The van der Waals surface area contributed by atoms with E-state index in [1.165, 1.54) is 12.0 Å². The summed E-state index contributed by atoms with van der Waals surface area (Å²) >= 11 is 3.56. The van der Waals surface area contributed by atoms with Crippen molar-refractivity contribution in [3.05, 3.63) is 69.7 Å². The van der Waals surface area contributed by atoms with Gasteiger partial charge in [-0.1, -0.05) is 52.3 Å². The van der Waals surface area contributed by atoms with Gasteiger partial charge >= 0.3 is 0 Å². The van der Waals surface area contributed by atoms with E-state index in [4.69, 9.17) is 9.47 Å². The highest BCUT2D eigenvalue weighted by Crippen LogP contribution is 2.48. The summed E-state index contributed by atoms with van der Waals surface area (Å²) in [7, 11) is 0. The van der Waals surface area contributed by atoms with Gasteiger partial charge in [0.05, 0.1) is 11.5 Å². The lowest BCUT2D eigenvalue weighted by Crippen LogP contribution is -2.46. The zero-order chi connectivity index (χ0) is 21.8. The number of benzene rings is 2. The van der Waals surface area contributed by atoms with Crippen molar-refractivity contribution in [2.24, 2.45) is 5.92 Å². The molecule has 2 aromatic carbocycles. The van der Waals surface area contributed by atoms with E-state index >= 15 is 0 Å². The lowest BCUT2D eigenvalue weighted by Gasteiger charge is -2.44. The molecule has 2 unspecified atom stereocenters. The highest BCUT2D eigenvalue weighted by molar-refractivity contribution is 9.10. The highest BCUT2D eigenvalue weighted by atomic mass is 79.9.